The summed E-state index contributed by atoms with van der Waals surface area (Å²) in [6.07, 6.45) is 1.24. The van der Waals surface area contributed by atoms with Crippen LogP contribution in [0.3, 0.4) is 0 Å². The molecule has 1 heterocycles. The highest BCUT2D eigenvalue weighted by molar-refractivity contribution is 5.92. The zero-order chi connectivity index (χ0) is 13.7. The number of hydrogen-bond donors (Lipinski definition) is 1. The largest absolute Gasteiger partial charge is 0.469 e. The Morgan fingerprint density at radius 1 is 1.33 bits per heavy atom. The lowest BCUT2D eigenvalue weighted by Gasteiger charge is -2.17. The van der Waals surface area contributed by atoms with E-state index in [0.717, 1.165) is 0 Å². The van der Waals surface area contributed by atoms with Crippen LogP contribution < -0.4 is 5.73 Å². The Morgan fingerprint density at radius 3 is 2.50 bits per heavy atom. The zero-order valence-electron chi connectivity index (χ0n) is 10.1. The van der Waals surface area contributed by atoms with Crippen LogP contribution >= 0.6 is 0 Å². The van der Waals surface area contributed by atoms with Crippen molar-refractivity contribution in [3.8, 4) is 0 Å². The van der Waals surface area contributed by atoms with Crippen molar-refractivity contribution in [2.75, 3.05) is 14.2 Å². The first-order chi connectivity index (χ1) is 8.51. The maximum Gasteiger partial charge on any atom is 0.329 e. The Balaban J connectivity index is 3.09. The minimum atomic E-state index is -0.972. The third kappa shape index (κ3) is 2.88. The van der Waals surface area contributed by atoms with Gasteiger partial charge in [-0.3, -0.25) is 9.59 Å². The van der Waals surface area contributed by atoms with Crippen LogP contribution in [-0.2, 0) is 19.1 Å². The van der Waals surface area contributed by atoms with Crippen molar-refractivity contribution in [3.05, 3.63) is 24.0 Å². The van der Waals surface area contributed by atoms with E-state index in [-0.39, 0.29) is 12.1 Å². The molecule has 98 valence electrons. The number of ether oxygens (including phenoxy) is 2. The molecule has 0 aliphatic rings. The smallest absolute Gasteiger partial charge is 0.329 e. The summed E-state index contributed by atoms with van der Waals surface area (Å²) in [6.45, 7) is 0. The highest BCUT2D eigenvalue weighted by atomic mass is 16.5. The molecule has 0 fully saturated rings. The van der Waals surface area contributed by atoms with Gasteiger partial charge in [-0.2, -0.15) is 0 Å². The molecule has 1 aromatic heterocycles. The molecule has 18 heavy (non-hydrogen) atoms. The van der Waals surface area contributed by atoms with Gasteiger partial charge in [0.15, 0.2) is 0 Å². The van der Waals surface area contributed by atoms with Crippen LogP contribution in [0.1, 0.15) is 23.0 Å². The van der Waals surface area contributed by atoms with Crippen molar-refractivity contribution < 1.29 is 23.9 Å². The standard InChI is InChI=1S/C11H14N2O5/c1-17-9(14)6-8(11(16)18-2)13-5-3-4-7(13)10(12)15/h3-5,8H,6H2,1-2H3,(H2,12,15)/t8-/m1/s1. The van der Waals surface area contributed by atoms with Gasteiger partial charge < -0.3 is 19.8 Å². The number of methoxy groups -OCH3 is 2. The van der Waals surface area contributed by atoms with Crippen LogP contribution in [0.15, 0.2) is 18.3 Å². The number of carbonyl (C=O) groups excluding carboxylic acids is 3. The molecule has 1 rings (SSSR count). The first-order valence-corrected chi connectivity index (χ1v) is 5.12. The van der Waals surface area contributed by atoms with Gasteiger partial charge in [0.2, 0.25) is 0 Å². The fourth-order valence-corrected chi connectivity index (χ4v) is 1.55. The Hall–Kier alpha value is -2.31. The molecule has 0 aliphatic heterocycles. The Labute approximate surface area is 103 Å². The maximum atomic E-state index is 11.6. The zero-order valence-corrected chi connectivity index (χ0v) is 10.1. The lowest BCUT2D eigenvalue weighted by atomic mass is 10.2. The monoisotopic (exact) mass is 254 g/mol. The fourth-order valence-electron chi connectivity index (χ4n) is 1.55. The maximum absolute atomic E-state index is 11.6. The van der Waals surface area contributed by atoms with Gasteiger partial charge in [-0.05, 0) is 12.1 Å². The Kier molecular flexibility index (Phi) is 4.47. The average molecular weight is 254 g/mol. The first-order valence-electron chi connectivity index (χ1n) is 5.12. The minimum Gasteiger partial charge on any atom is -0.469 e. The molecule has 0 unspecified atom stereocenters. The summed E-state index contributed by atoms with van der Waals surface area (Å²) >= 11 is 0. The molecule has 0 saturated carbocycles. The van der Waals surface area contributed by atoms with E-state index in [0.29, 0.717) is 0 Å². The normalized spacial score (nSPS) is 11.7. The molecular weight excluding hydrogens is 240 g/mol. The van der Waals surface area contributed by atoms with Gasteiger partial charge in [0, 0.05) is 6.20 Å². The predicted molar refractivity (Wildman–Crippen MR) is 60.6 cm³/mol. The molecule has 1 atom stereocenters. The van der Waals surface area contributed by atoms with Crippen molar-refractivity contribution in [1.82, 2.24) is 4.57 Å². The summed E-state index contributed by atoms with van der Waals surface area (Å²) < 4.78 is 10.4. The molecular formula is C11H14N2O5. The van der Waals surface area contributed by atoms with Crippen molar-refractivity contribution in [2.24, 2.45) is 5.73 Å². The van der Waals surface area contributed by atoms with Gasteiger partial charge in [-0.15, -0.1) is 0 Å². The molecule has 1 amide bonds. The van der Waals surface area contributed by atoms with Crippen LogP contribution in [0, 0.1) is 0 Å². The third-order valence-corrected chi connectivity index (χ3v) is 2.43. The molecule has 0 aliphatic carbocycles. The van der Waals surface area contributed by atoms with Crippen LogP contribution in [-0.4, -0.2) is 36.6 Å². The number of nitrogens with zero attached hydrogens (tertiary/aromatic N) is 1. The SMILES string of the molecule is COC(=O)C[C@H](C(=O)OC)n1cccc1C(N)=O. The minimum absolute atomic E-state index is 0.120. The molecule has 0 saturated heterocycles. The second-order valence-corrected chi connectivity index (χ2v) is 3.48. The second-order valence-electron chi connectivity index (χ2n) is 3.48. The summed E-state index contributed by atoms with van der Waals surface area (Å²) in [4.78, 5) is 34.1. The molecule has 0 bridgehead atoms. The lowest BCUT2D eigenvalue weighted by molar-refractivity contribution is -0.151. The molecule has 2 N–H and O–H groups in total. The first kappa shape index (κ1) is 13.8. The van der Waals surface area contributed by atoms with E-state index in [2.05, 4.69) is 9.47 Å². The van der Waals surface area contributed by atoms with E-state index >= 15 is 0 Å². The fraction of sp³-hybridized carbons (Fsp3) is 0.364. The van der Waals surface area contributed by atoms with E-state index in [1.807, 2.05) is 0 Å². The topological polar surface area (TPSA) is 101 Å². The van der Waals surface area contributed by atoms with Crippen LogP contribution in [0.5, 0.6) is 0 Å². The number of primary amides is 1. The number of nitrogens with two attached hydrogens (primary N) is 1. The van der Waals surface area contributed by atoms with Crippen LogP contribution in [0.2, 0.25) is 0 Å². The Bertz CT molecular complexity index is 466. The summed E-state index contributed by atoms with van der Waals surface area (Å²) in [5.41, 5.74) is 5.29. The van der Waals surface area contributed by atoms with Crippen molar-refractivity contribution in [2.45, 2.75) is 12.5 Å². The number of hydrogen-bond acceptors (Lipinski definition) is 5. The summed E-state index contributed by atoms with van der Waals surface area (Å²) in [5.74, 6) is -1.94. The van der Waals surface area contributed by atoms with Gasteiger partial charge >= 0.3 is 11.9 Å². The Morgan fingerprint density at radius 2 is 2.00 bits per heavy atom. The van der Waals surface area contributed by atoms with E-state index in [1.165, 1.54) is 31.0 Å². The van der Waals surface area contributed by atoms with Crippen LogP contribution in [0.4, 0.5) is 0 Å². The van der Waals surface area contributed by atoms with E-state index < -0.39 is 23.9 Å². The van der Waals surface area contributed by atoms with Gasteiger partial charge in [-0.1, -0.05) is 0 Å². The van der Waals surface area contributed by atoms with E-state index in [9.17, 15) is 14.4 Å². The van der Waals surface area contributed by atoms with E-state index in [4.69, 9.17) is 5.73 Å². The summed E-state index contributed by atoms with van der Waals surface area (Å²) in [7, 11) is 2.40. The molecule has 1 aromatic rings. The van der Waals surface area contributed by atoms with Gasteiger partial charge in [0.1, 0.15) is 11.7 Å². The van der Waals surface area contributed by atoms with Crippen LogP contribution in [0.25, 0.3) is 0 Å². The number of amides is 1. The molecule has 0 aromatic carbocycles. The average Bonchev–Trinajstić information content (AvgIpc) is 2.83. The quantitative estimate of drug-likeness (QED) is 0.737. The van der Waals surface area contributed by atoms with Gasteiger partial charge in [-0.25, -0.2) is 4.79 Å². The van der Waals surface area contributed by atoms with Crippen molar-refractivity contribution in [3.63, 3.8) is 0 Å². The number of aromatic nitrogens is 1. The summed E-state index contributed by atoms with van der Waals surface area (Å²) in [5, 5.41) is 0. The van der Waals surface area contributed by atoms with E-state index in [1.54, 1.807) is 6.07 Å². The number of esters is 2. The third-order valence-electron chi connectivity index (χ3n) is 2.43. The molecule has 7 nitrogen and oxygen atoms in total. The number of rotatable bonds is 5. The summed E-state index contributed by atoms with van der Waals surface area (Å²) in [6, 6.07) is 2.03. The molecule has 7 heteroatoms. The van der Waals surface area contributed by atoms with Gasteiger partial charge in [0.05, 0.1) is 20.6 Å². The highest BCUT2D eigenvalue weighted by Crippen LogP contribution is 2.18. The van der Waals surface area contributed by atoms with Gasteiger partial charge in [0.25, 0.3) is 5.91 Å². The van der Waals surface area contributed by atoms with Crippen molar-refractivity contribution in [1.29, 1.82) is 0 Å². The number of carbonyl (C=O) groups is 3. The van der Waals surface area contributed by atoms with Crippen molar-refractivity contribution >= 4 is 17.8 Å². The molecule has 0 radical (unpaired) electrons. The second kappa shape index (κ2) is 5.85. The highest BCUT2D eigenvalue weighted by Gasteiger charge is 2.27. The molecule has 0 spiro atoms. The lowest BCUT2D eigenvalue weighted by Crippen LogP contribution is -2.28. The predicted octanol–water partition coefficient (Wildman–Crippen LogP) is -0.136.